The maximum atomic E-state index is 12.5. The Balaban J connectivity index is 1.56. The highest BCUT2D eigenvalue weighted by Gasteiger charge is 2.31. The lowest BCUT2D eigenvalue weighted by molar-refractivity contribution is -0.134. The quantitative estimate of drug-likeness (QED) is 0.776. The molecule has 28 heavy (non-hydrogen) atoms. The van der Waals surface area contributed by atoms with Gasteiger partial charge in [-0.1, -0.05) is 54.1 Å². The van der Waals surface area contributed by atoms with Crippen LogP contribution in [0.3, 0.4) is 0 Å². The van der Waals surface area contributed by atoms with E-state index in [4.69, 9.17) is 0 Å². The number of hydrogen-bond donors (Lipinski definition) is 2. The Morgan fingerprint density at radius 3 is 2.75 bits per heavy atom. The summed E-state index contributed by atoms with van der Waals surface area (Å²) in [5.41, 5.74) is 4.69. The molecule has 0 bridgehead atoms. The van der Waals surface area contributed by atoms with Crippen molar-refractivity contribution in [3.8, 4) is 0 Å². The first-order chi connectivity index (χ1) is 13.5. The number of rotatable bonds is 7. The maximum Gasteiger partial charge on any atom is 0.237 e. The van der Waals surface area contributed by atoms with Gasteiger partial charge in [0.1, 0.15) is 0 Å². The van der Waals surface area contributed by atoms with Crippen LogP contribution in [-0.2, 0) is 22.6 Å². The van der Waals surface area contributed by atoms with Gasteiger partial charge >= 0.3 is 0 Å². The molecule has 5 heteroatoms. The van der Waals surface area contributed by atoms with Crippen molar-refractivity contribution in [3.05, 3.63) is 70.8 Å². The average Bonchev–Trinajstić information content (AvgIpc) is 2.70. The molecule has 1 fully saturated rings. The number of amides is 2. The van der Waals surface area contributed by atoms with Crippen molar-refractivity contribution in [2.24, 2.45) is 0 Å². The zero-order valence-electron chi connectivity index (χ0n) is 16.7. The molecule has 1 saturated heterocycles. The summed E-state index contributed by atoms with van der Waals surface area (Å²) < 4.78 is 0. The average molecular weight is 380 g/mol. The molecule has 2 amide bonds. The van der Waals surface area contributed by atoms with Crippen molar-refractivity contribution >= 4 is 11.8 Å². The normalized spacial score (nSPS) is 17.2. The molecule has 0 radical (unpaired) electrons. The number of nitrogens with zero attached hydrogens (tertiary/aromatic N) is 1. The lowest BCUT2D eigenvalue weighted by Crippen LogP contribution is -2.56. The molecule has 1 aliphatic heterocycles. The number of piperazine rings is 1. The van der Waals surface area contributed by atoms with Crippen LogP contribution in [0.1, 0.15) is 28.7 Å². The summed E-state index contributed by atoms with van der Waals surface area (Å²) in [4.78, 5) is 27.0. The standard InChI is InChI=1S/C23H29N3O2/c1-17-8-9-18(2)20(14-17)16-25-22(27)15-21-23(28)24-11-13-26(21)12-10-19-6-4-3-5-7-19/h3-9,14,21H,10-13,15-16H2,1-2H3,(H,24,28)(H,25,27)/t21-/m1/s1. The van der Waals surface area contributed by atoms with Gasteiger partial charge in [-0.05, 0) is 37.0 Å². The van der Waals surface area contributed by atoms with E-state index in [-0.39, 0.29) is 18.2 Å². The molecule has 2 aromatic rings. The molecule has 0 saturated carbocycles. The third kappa shape index (κ3) is 5.42. The fourth-order valence-corrected chi connectivity index (χ4v) is 3.60. The fourth-order valence-electron chi connectivity index (χ4n) is 3.60. The summed E-state index contributed by atoms with van der Waals surface area (Å²) in [5.74, 6) is -0.145. The predicted molar refractivity (Wildman–Crippen MR) is 111 cm³/mol. The molecular weight excluding hydrogens is 350 g/mol. The zero-order chi connectivity index (χ0) is 19.9. The molecule has 0 unspecified atom stereocenters. The Hall–Kier alpha value is -2.66. The first-order valence-electron chi connectivity index (χ1n) is 9.91. The van der Waals surface area contributed by atoms with E-state index in [9.17, 15) is 9.59 Å². The minimum atomic E-state index is -0.406. The Kier molecular flexibility index (Phi) is 6.82. The Labute approximate surface area is 167 Å². The molecule has 1 atom stereocenters. The molecule has 2 N–H and O–H groups in total. The Morgan fingerprint density at radius 2 is 1.96 bits per heavy atom. The van der Waals surface area contributed by atoms with Crippen LogP contribution in [-0.4, -0.2) is 42.4 Å². The zero-order valence-corrected chi connectivity index (χ0v) is 16.7. The highest BCUT2D eigenvalue weighted by atomic mass is 16.2. The number of hydrogen-bond acceptors (Lipinski definition) is 3. The summed E-state index contributed by atoms with van der Waals surface area (Å²) in [5, 5.41) is 5.88. The second-order valence-electron chi connectivity index (χ2n) is 7.49. The van der Waals surface area contributed by atoms with Gasteiger partial charge in [0.25, 0.3) is 0 Å². The Morgan fingerprint density at radius 1 is 1.18 bits per heavy atom. The van der Waals surface area contributed by atoms with Crippen molar-refractivity contribution in [1.82, 2.24) is 15.5 Å². The largest absolute Gasteiger partial charge is 0.353 e. The van der Waals surface area contributed by atoms with Gasteiger partial charge in [-0.3, -0.25) is 14.5 Å². The second kappa shape index (κ2) is 9.51. The molecule has 5 nitrogen and oxygen atoms in total. The van der Waals surface area contributed by atoms with Gasteiger partial charge in [0.05, 0.1) is 12.5 Å². The number of aryl methyl sites for hydroxylation is 2. The van der Waals surface area contributed by atoms with Crippen LogP contribution in [0.5, 0.6) is 0 Å². The van der Waals surface area contributed by atoms with Gasteiger partial charge in [-0.25, -0.2) is 0 Å². The molecule has 0 aromatic heterocycles. The lowest BCUT2D eigenvalue weighted by atomic mass is 10.0. The second-order valence-corrected chi connectivity index (χ2v) is 7.49. The molecule has 148 valence electrons. The highest BCUT2D eigenvalue weighted by Crippen LogP contribution is 2.13. The smallest absolute Gasteiger partial charge is 0.237 e. The molecule has 1 aliphatic rings. The first kappa shape index (κ1) is 20.1. The number of nitrogens with one attached hydrogen (secondary N) is 2. The van der Waals surface area contributed by atoms with Crippen LogP contribution in [0.25, 0.3) is 0 Å². The molecular formula is C23H29N3O2. The van der Waals surface area contributed by atoms with E-state index in [2.05, 4.69) is 45.9 Å². The van der Waals surface area contributed by atoms with Crippen LogP contribution in [0.2, 0.25) is 0 Å². The highest BCUT2D eigenvalue weighted by molar-refractivity contribution is 5.88. The van der Waals surface area contributed by atoms with Crippen molar-refractivity contribution in [3.63, 3.8) is 0 Å². The van der Waals surface area contributed by atoms with Gasteiger partial charge < -0.3 is 10.6 Å². The van der Waals surface area contributed by atoms with Crippen molar-refractivity contribution in [2.75, 3.05) is 19.6 Å². The SMILES string of the molecule is Cc1ccc(C)c(CNC(=O)C[C@@H]2C(=O)NCCN2CCc2ccccc2)c1. The third-order valence-corrected chi connectivity index (χ3v) is 5.33. The van der Waals surface area contributed by atoms with Gasteiger partial charge in [0.2, 0.25) is 11.8 Å². The van der Waals surface area contributed by atoms with Gasteiger partial charge in [0.15, 0.2) is 0 Å². The number of carbonyl (C=O) groups is 2. The summed E-state index contributed by atoms with van der Waals surface area (Å²) in [6.07, 6.45) is 1.06. The van der Waals surface area contributed by atoms with E-state index >= 15 is 0 Å². The van der Waals surface area contributed by atoms with Crippen LogP contribution in [0, 0.1) is 13.8 Å². The van der Waals surface area contributed by atoms with Crippen LogP contribution >= 0.6 is 0 Å². The fraction of sp³-hybridized carbons (Fsp3) is 0.391. The van der Waals surface area contributed by atoms with Crippen molar-refractivity contribution in [1.29, 1.82) is 0 Å². The molecule has 3 rings (SSSR count). The van der Waals surface area contributed by atoms with E-state index in [0.29, 0.717) is 13.1 Å². The molecule has 1 heterocycles. The topological polar surface area (TPSA) is 61.4 Å². The lowest BCUT2D eigenvalue weighted by Gasteiger charge is -2.34. The van der Waals surface area contributed by atoms with E-state index < -0.39 is 6.04 Å². The van der Waals surface area contributed by atoms with E-state index in [1.54, 1.807) is 0 Å². The first-order valence-corrected chi connectivity index (χ1v) is 9.91. The summed E-state index contributed by atoms with van der Waals surface area (Å²) in [7, 11) is 0. The van der Waals surface area contributed by atoms with Crippen LogP contribution < -0.4 is 10.6 Å². The number of carbonyl (C=O) groups excluding carboxylic acids is 2. The minimum Gasteiger partial charge on any atom is -0.353 e. The predicted octanol–water partition coefficient (Wildman–Crippen LogP) is 2.35. The van der Waals surface area contributed by atoms with Crippen LogP contribution in [0.15, 0.2) is 48.5 Å². The number of benzene rings is 2. The molecule has 0 spiro atoms. The van der Waals surface area contributed by atoms with Crippen molar-refractivity contribution < 1.29 is 9.59 Å². The van der Waals surface area contributed by atoms with Gasteiger partial charge in [-0.2, -0.15) is 0 Å². The summed E-state index contributed by atoms with van der Waals surface area (Å²) in [6.45, 7) is 6.75. The van der Waals surface area contributed by atoms with Gasteiger partial charge in [-0.15, -0.1) is 0 Å². The van der Waals surface area contributed by atoms with Gasteiger partial charge in [0, 0.05) is 26.2 Å². The minimum absolute atomic E-state index is 0.0544. The Bertz CT molecular complexity index is 820. The third-order valence-electron chi connectivity index (χ3n) is 5.33. The van der Waals surface area contributed by atoms with E-state index in [0.717, 1.165) is 30.6 Å². The summed E-state index contributed by atoms with van der Waals surface area (Å²) >= 11 is 0. The van der Waals surface area contributed by atoms with E-state index in [1.165, 1.54) is 11.1 Å². The molecule has 2 aromatic carbocycles. The van der Waals surface area contributed by atoms with E-state index in [1.807, 2.05) is 32.0 Å². The van der Waals surface area contributed by atoms with Crippen molar-refractivity contribution in [2.45, 2.75) is 39.3 Å². The monoisotopic (exact) mass is 379 g/mol. The summed E-state index contributed by atoms with van der Waals surface area (Å²) in [6, 6.07) is 16.1. The molecule has 0 aliphatic carbocycles. The maximum absolute atomic E-state index is 12.5. The van der Waals surface area contributed by atoms with Crippen LogP contribution in [0.4, 0.5) is 0 Å².